The molecule has 2 saturated heterocycles. The number of fused-ring (bicyclic) bond motifs is 2. The molecule has 5 rings (SSSR count). The Kier molecular flexibility index (Phi) is 4.10. The molecule has 5 nitrogen and oxygen atoms in total. The second-order valence-corrected chi connectivity index (χ2v) is 7.58. The molecule has 140 valence electrons. The van der Waals surface area contributed by atoms with E-state index < -0.39 is 6.10 Å². The van der Waals surface area contributed by atoms with Gasteiger partial charge in [-0.15, -0.1) is 0 Å². The topological polar surface area (TPSA) is 53.6 Å². The average molecular weight is 367 g/mol. The summed E-state index contributed by atoms with van der Waals surface area (Å²) in [6, 6.07) is 14.8. The van der Waals surface area contributed by atoms with Crippen molar-refractivity contribution in [3.8, 4) is 5.75 Å². The fourth-order valence-electron chi connectivity index (χ4n) is 4.56. The molecule has 4 atom stereocenters. The van der Waals surface area contributed by atoms with Crippen molar-refractivity contribution in [3.05, 3.63) is 65.5 Å². The van der Waals surface area contributed by atoms with Gasteiger partial charge in [-0.25, -0.2) is 9.82 Å². The van der Waals surface area contributed by atoms with Gasteiger partial charge in [0, 0.05) is 31.5 Å². The van der Waals surface area contributed by atoms with Crippen LogP contribution in [0.2, 0.25) is 0 Å². The number of hydrazine groups is 1. The first-order valence-corrected chi connectivity index (χ1v) is 9.49. The molecule has 0 bridgehead atoms. The number of nitrogens with one attached hydrogen (secondary N) is 2. The number of nitrogens with zero attached hydrogens (tertiary/aromatic N) is 1. The number of hydrogen-bond donors (Lipinski definition) is 2. The molecular weight excluding hydrogens is 345 g/mol. The molecule has 2 aromatic rings. The van der Waals surface area contributed by atoms with E-state index in [2.05, 4.69) is 10.9 Å². The van der Waals surface area contributed by atoms with Gasteiger partial charge in [-0.05, 0) is 35.7 Å². The number of benzene rings is 2. The Labute approximate surface area is 157 Å². The number of likely N-dealkylation sites (tertiary alicyclic amines) is 1. The van der Waals surface area contributed by atoms with Crippen molar-refractivity contribution in [2.75, 3.05) is 13.1 Å². The first kappa shape index (κ1) is 16.7. The molecule has 27 heavy (non-hydrogen) atoms. The molecule has 0 spiro atoms. The third-order valence-electron chi connectivity index (χ3n) is 5.95. The van der Waals surface area contributed by atoms with E-state index in [1.165, 1.54) is 6.07 Å². The SMILES string of the molecule is O=C(C1Cc2ccccc2O1)N1CCC2NNC(c3cccc(F)c3)C2C1. The van der Waals surface area contributed by atoms with Crippen LogP contribution in [0.15, 0.2) is 48.5 Å². The van der Waals surface area contributed by atoms with Crippen LogP contribution in [-0.4, -0.2) is 36.0 Å². The Morgan fingerprint density at radius 2 is 2.04 bits per heavy atom. The van der Waals surface area contributed by atoms with Crippen LogP contribution in [0.5, 0.6) is 5.75 Å². The number of hydrogen-bond acceptors (Lipinski definition) is 4. The molecular formula is C21H22FN3O2. The lowest BCUT2D eigenvalue weighted by atomic mass is 9.85. The predicted octanol–water partition coefficient (Wildman–Crippen LogP) is 2.20. The monoisotopic (exact) mass is 367 g/mol. The molecule has 0 aromatic heterocycles. The molecule has 0 saturated carbocycles. The maximum Gasteiger partial charge on any atom is 0.264 e. The standard InChI is InChI=1S/C21H22FN3O2/c22-15-6-3-5-14(10-15)20-16-12-25(9-8-17(16)23-24-20)21(26)19-11-13-4-1-2-7-18(13)27-19/h1-7,10,16-17,19-20,23-24H,8-9,11-12H2. The molecule has 1 amide bonds. The van der Waals surface area contributed by atoms with Gasteiger partial charge in [-0.3, -0.25) is 10.2 Å². The highest BCUT2D eigenvalue weighted by Gasteiger charge is 2.43. The highest BCUT2D eigenvalue weighted by molar-refractivity contribution is 5.82. The van der Waals surface area contributed by atoms with Gasteiger partial charge in [0.2, 0.25) is 0 Å². The zero-order valence-corrected chi connectivity index (χ0v) is 14.9. The van der Waals surface area contributed by atoms with Gasteiger partial charge < -0.3 is 9.64 Å². The molecule has 2 N–H and O–H groups in total. The fourth-order valence-corrected chi connectivity index (χ4v) is 4.56. The largest absolute Gasteiger partial charge is 0.480 e. The minimum absolute atomic E-state index is 0.0111. The Morgan fingerprint density at radius 1 is 1.15 bits per heavy atom. The van der Waals surface area contributed by atoms with Crippen LogP contribution in [0, 0.1) is 11.7 Å². The number of carbonyl (C=O) groups excluding carboxylic acids is 1. The summed E-state index contributed by atoms with van der Waals surface area (Å²) < 4.78 is 19.5. The van der Waals surface area contributed by atoms with Gasteiger partial charge in [-0.1, -0.05) is 30.3 Å². The van der Waals surface area contributed by atoms with E-state index in [4.69, 9.17) is 4.74 Å². The second-order valence-electron chi connectivity index (χ2n) is 7.58. The molecule has 3 heterocycles. The first-order valence-electron chi connectivity index (χ1n) is 9.49. The lowest BCUT2D eigenvalue weighted by Crippen LogP contribution is -2.51. The third-order valence-corrected chi connectivity index (χ3v) is 5.95. The number of piperidine rings is 1. The molecule has 0 aliphatic carbocycles. The summed E-state index contributed by atoms with van der Waals surface area (Å²) in [7, 11) is 0. The van der Waals surface area contributed by atoms with Crippen LogP contribution >= 0.6 is 0 Å². The normalized spacial score (nSPS) is 29.1. The summed E-state index contributed by atoms with van der Waals surface area (Å²) in [5.41, 5.74) is 8.63. The maximum absolute atomic E-state index is 13.7. The van der Waals surface area contributed by atoms with Crippen molar-refractivity contribution in [1.82, 2.24) is 15.8 Å². The first-order chi connectivity index (χ1) is 13.2. The number of para-hydroxylation sites is 1. The lowest BCUT2D eigenvalue weighted by Gasteiger charge is -2.37. The Hall–Kier alpha value is -2.44. The third kappa shape index (κ3) is 2.99. The molecule has 4 unspecified atom stereocenters. The van der Waals surface area contributed by atoms with Crippen LogP contribution in [0.25, 0.3) is 0 Å². The van der Waals surface area contributed by atoms with Crippen LogP contribution in [0.4, 0.5) is 4.39 Å². The quantitative estimate of drug-likeness (QED) is 0.855. The Morgan fingerprint density at radius 3 is 2.89 bits per heavy atom. The van der Waals surface area contributed by atoms with E-state index in [9.17, 15) is 9.18 Å². The van der Waals surface area contributed by atoms with Gasteiger partial charge in [-0.2, -0.15) is 0 Å². The van der Waals surface area contributed by atoms with Gasteiger partial charge >= 0.3 is 0 Å². The van der Waals surface area contributed by atoms with E-state index in [0.717, 1.165) is 23.3 Å². The summed E-state index contributed by atoms with van der Waals surface area (Å²) in [6.45, 7) is 1.35. The van der Waals surface area contributed by atoms with Crippen LogP contribution in [-0.2, 0) is 11.2 Å². The van der Waals surface area contributed by atoms with Crippen molar-refractivity contribution in [2.24, 2.45) is 5.92 Å². The zero-order chi connectivity index (χ0) is 18.4. The van der Waals surface area contributed by atoms with E-state index in [1.54, 1.807) is 12.1 Å². The predicted molar refractivity (Wildman–Crippen MR) is 98.4 cm³/mol. The van der Waals surface area contributed by atoms with Crippen LogP contribution in [0.1, 0.15) is 23.6 Å². The van der Waals surface area contributed by atoms with Crippen molar-refractivity contribution in [3.63, 3.8) is 0 Å². The van der Waals surface area contributed by atoms with Gasteiger partial charge in [0.05, 0.1) is 6.04 Å². The van der Waals surface area contributed by atoms with E-state index in [-0.39, 0.29) is 29.7 Å². The number of halogens is 1. The highest BCUT2D eigenvalue weighted by atomic mass is 19.1. The van der Waals surface area contributed by atoms with Crippen molar-refractivity contribution < 1.29 is 13.9 Å². The van der Waals surface area contributed by atoms with Crippen LogP contribution < -0.4 is 15.6 Å². The van der Waals surface area contributed by atoms with Crippen molar-refractivity contribution in [1.29, 1.82) is 0 Å². The number of carbonyl (C=O) groups is 1. The number of ether oxygens (including phenoxy) is 1. The summed E-state index contributed by atoms with van der Waals surface area (Å²) in [6.07, 6.45) is 1.06. The Bertz CT molecular complexity index is 849. The lowest BCUT2D eigenvalue weighted by molar-refractivity contribution is -0.140. The van der Waals surface area contributed by atoms with E-state index >= 15 is 0 Å². The van der Waals surface area contributed by atoms with E-state index in [0.29, 0.717) is 19.5 Å². The number of rotatable bonds is 2. The minimum Gasteiger partial charge on any atom is -0.480 e. The maximum atomic E-state index is 13.7. The summed E-state index contributed by atoms with van der Waals surface area (Å²) >= 11 is 0. The molecule has 6 heteroatoms. The Balaban J connectivity index is 1.31. The van der Waals surface area contributed by atoms with Crippen molar-refractivity contribution >= 4 is 5.91 Å². The molecule has 0 radical (unpaired) electrons. The van der Waals surface area contributed by atoms with Crippen LogP contribution in [0.3, 0.4) is 0 Å². The molecule has 2 aromatic carbocycles. The molecule has 2 fully saturated rings. The van der Waals surface area contributed by atoms with Crippen molar-refractivity contribution in [2.45, 2.75) is 31.0 Å². The fraction of sp³-hybridized carbons (Fsp3) is 0.381. The van der Waals surface area contributed by atoms with Gasteiger partial charge in [0.1, 0.15) is 11.6 Å². The summed E-state index contributed by atoms with van der Waals surface area (Å²) in [5.74, 6) is 0.828. The summed E-state index contributed by atoms with van der Waals surface area (Å²) in [4.78, 5) is 15.0. The highest BCUT2D eigenvalue weighted by Crippen LogP contribution is 2.35. The minimum atomic E-state index is -0.436. The van der Waals surface area contributed by atoms with E-state index in [1.807, 2.05) is 35.2 Å². The summed E-state index contributed by atoms with van der Waals surface area (Å²) in [5, 5.41) is 0. The average Bonchev–Trinajstić information content (AvgIpc) is 3.31. The smallest absolute Gasteiger partial charge is 0.264 e. The zero-order valence-electron chi connectivity index (χ0n) is 14.9. The number of amides is 1. The molecule has 3 aliphatic rings. The van der Waals surface area contributed by atoms with Gasteiger partial charge in [0.15, 0.2) is 6.10 Å². The van der Waals surface area contributed by atoms with Gasteiger partial charge in [0.25, 0.3) is 5.91 Å². The molecule has 3 aliphatic heterocycles. The second kappa shape index (κ2) is 6.62.